The van der Waals surface area contributed by atoms with Crippen LogP contribution in [0.5, 0.6) is 29.0 Å². The molecule has 11 nitrogen and oxygen atoms in total. The van der Waals surface area contributed by atoms with Gasteiger partial charge in [0.25, 0.3) is 17.3 Å². The second kappa shape index (κ2) is 13.1. The number of halogens is 5. The van der Waals surface area contributed by atoms with E-state index in [-0.39, 0.29) is 63.1 Å². The van der Waals surface area contributed by atoms with Gasteiger partial charge in [-0.15, -0.1) is 0 Å². The molecule has 5 rings (SSSR count). The smallest absolute Gasteiger partial charge is 0.431 e. The monoisotopic (exact) mass is 673 g/mol. The van der Waals surface area contributed by atoms with Crippen LogP contribution in [0.1, 0.15) is 28.5 Å². The first-order chi connectivity index (χ1) is 22.4. The van der Waals surface area contributed by atoms with Crippen LogP contribution >= 0.6 is 11.6 Å². The molecule has 0 radical (unpaired) electrons. The molecule has 47 heavy (non-hydrogen) atoms. The van der Waals surface area contributed by atoms with E-state index in [9.17, 15) is 22.8 Å². The summed E-state index contributed by atoms with van der Waals surface area (Å²) in [6, 6.07) is 7.57. The third-order valence-electron chi connectivity index (χ3n) is 6.71. The molecule has 0 aliphatic carbocycles. The van der Waals surface area contributed by atoms with E-state index in [0.29, 0.717) is 16.2 Å². The molecule has 1 N–H and O–H groups in total. The SMILES string of the molecule is CCOc1cc(C)c(-n2c(C(F)(F)F)ccc(C(=O)Nc3ccc(Oc4c(Cl)cnc5cc(OC)c(OC)nc45)c(F)c3)c2=O)cn1. The number of anilines is 1. The molecule has 4 aromatic heterocycles. The molecule has 0 saturated carbocycles. The van der Waals surface area contributed by atoms with Gasteiger partial charge in [-0.3, -0.25) is 19.1 Å². The van der Waals surface area contributed by atoms with Crippen molar-refractivity contribution in [3.8, 4) is 34.7 Å². The van der Waals surface area contributed by atoms with Crippen LogP contribution in [0, 0.1) is 12.7 Å². The summed E-state index contributed by atoms with van der Waals surface area (Å²) in [4.78, 5) is 39.0. The molecule has 16 heteroatoms. The van der Waals surface area contributed by atoms with E-state index < -0.39 is 34.7 Å². The van der Waals surface area contributed by atoms with Crippen molar-refractivity contribution in [2.75, 3.05) is 26.1 Å². The minimum atomic E-state index is -4.95. The number of fused-ring (bicyclic) bond motifs is 1. The highest BCUT2D eigenvalue weighted by Gasteiger charge is 2.36. The predicted octanol–water partition coefficient (Wildman–Crippen LogP) is 6.76. The lowest BCUT2D eigenvalue weighted by molar-refractivity contribution is -0.142. The average Bonchev–Trinajstić information content (AvgIpc) is 3.02. The average molecular weight is 674 g/mol. The number of hydrogen-bond acceptors (Lipinski definition) is 9. The summed E-state index contributed by atoms with van der Waals surface area (Å²) < 4.78 is 79.0. The number of aryl methyl sites for hydroxylation is 1. The van der Waals surface area contributed by atoms with Gasteiger partial charge in [-0.2, -0.15) is 13.2 Å². The van der Waals surface area contributed by atoms with Gasteiger partial charge >= 0.3 is 6.18 Å². The van der Waals surface area contributed by atoms with Crippen LogP contribution in [0.3, 0.4) is 0 Å². The third-order valence-corrected chi connectivity index (χ3v) is 6.98. The minimum absolute atomic E-state index is 0.00514. The van der Waals surface area contributed by atoms with Crippen molar-refractivity contribution in [3.63, 3.8) is 0 Å². The first-order valence-electron chi connectivity index (χ1n) is 13.6. The Morgan fingerprint density at radius 1 is 1.02 bits per heavy atom. The number of carbonyl (C=O) groups excluding carboxylic acids is 1. The van der Waals surface area contributed by atoms with Crippen LogP contribution in [0.2, 0.25) is 5.02 Å². The maximum atomic E-state index is 15.3. The van der Waals surface area contributed by atoms with Crippen LogP contribution in [-0.2, 0) is 6.18 Å². The zero-order chi connectivity index (χ0) is 34.0. The van der Waals surface area contributed by atoms with E-state index in [1.54, 1.807) is 6.92 Å². The van der Waals surface area contributed by atoms with E-state index in [0.717, 1.165) is 18.3 Å². The van der Waals surface area contributed by atoms with Crippen molar-refractivity contribution in [2.45, 2.75) is 20.0 Å². The highest BCUT2D eigenvalue weighted by atomic mass is 35.5. The molecule has 0 saturated heterocycles. The number of ether oxygens (including phenoxy) is 4. The molecule has 0 aliphatic rings. The second-order valence-corrected chi connectivity index (χ2v) is 10.1. The van der Waals surface area contributed by atoms with E-state index in [2.05, 4.69) is 20.3 Å². The summed E-state index contributed by atoms with van der Waals surface area (Å²) in [5, 5.41) is 2.34. The van der Waals surface area contributed by atoms with Gasteiger partial charge in [0, 0.05) is 23.9 Å². The molecule has 1 aromatic carbocycles. The Morgan fingerprint density at radius 2 is 1.79 bits per heavy atom. The summed E-state index contributed by atoms with van der Waals surface area (Å²) in [5.74, 6) is -1.86. The van der Waals surface area contributed by atoms with Gasteiger partial charge in [-0.05, 0) is 43.7 Å². The van der Waals surface area contributed by atoms with Gasteiger partial charge in [0.2, 0.25) is 5.88 Å². The van der Waals surface area contributed by atoms with Crippen LogP contribution in [0.15, 0.2) is 59.7 Å². The second-order valence-electron chi connectivity index (χ2n) is 9.72. The standard InChI is InChI=1S/C31H24ClF4N5O6/c1-5-46-25-10-15(2)21(14-38-25)41-24(31(34,35)36)9-7-17(30(41)43)28(42)39-16-6-8-22(19(33)11-16)47-27-18(32)13-37-20-12-23(44-3)29(45-4)40-26(20)27/h6-14H,5H2,1-4H3,(H,39,42). The fraction of sp³-hybridized carbons (Fsp3) is 0.194. The Labute approximate surface area is 268 Å². The van der Waals surface area contributed by atoms with Gasteiger partial charge in [0.15, 0.2) is 23.1 Å². The largest absolute Gasteiger partial charge is 0.491 e. The molecular formula is C31H24ClF4N5O6. The van der Waals surface area contributed by atoms with Crippen molar-refractivity contribution in [3.05, 3.63) is 92.9 Å². The normalized spacial score (nSPS) is 11.3. The predicted molar refractivity (Wildman–Crippen MR) is 163 cm³/mol. The number of nitrogens with zero attached hydrogens (tertiary/aromatic N) is 4. The van der Waals surface area contributed by atoms with Gasteiger partial charge in [0.05, 0.1) is 44.4 Å². The van der Waals surface area contributed by atoms with Crippen molar-refractivity contribution in [1.82, 2.24) is 19.5 Å². The molecule has 1 amide bonds. The zero-order valence-corrected chi connectivity index (χ0v) is 25.8. The highest BCUT2D eigenvalue weighted by Crippen LogP contribution is 2.39. The molecule has 0 atom stereocenters. The number of hydrogen-bond donors (Lipinski definition) is 1. The fourth-order valence-corrected chi connectivity index (χ4v) is 4.72. The zero-order valence-electron chi connectivity index (χ0n) is 25.0. The Bertz CT molecular complexity index is 2070. The number of pyridine rings is 4. The number of alkyl halides is 3. The van der Waals surface area contributed by atoms with E-state index in [1.165, 1.54) is 51.6 Å². The number of aromatic nitrogens is 4. The Balaban J connectivity index is 1.46. The maximum absolute atomic E-state index is 15.3. The van der Waals surface area contributed by atoms with Crippen molar-refractivity contribution in [2.24, 2.45) is 0 Å². The van der Waals surface area contributed by atoms with Crippen LogP contribution in [0.25, 0.3) is 16.7 Å². The first kappa shape index (κ1) is 32.9. The molecule has 4 heterocycles. The highest BCUT2D eigenvalue weighted by molar-refractivity contribution is 6.33. The molecular weight excluding hydrogens is 650 g/mol. The summed E-state index contributed by atoms with van der Waals surface area (Å²) in [5.41, 5.74) is -2.88. The van der Waals surface area contributed by atoms with Crippen LogP contribution < -0.4 is 29.8 Å². The summed E-state index contributed by atoms with van der Waals surface area (Å²) in [7, 11) is 2.79. The van der Waals surface area contributed by atoms with Crippen molar-refractivity contribution < 1.29 is 41.3 Å². The van der Waals surface area contributed by atoms with Crippen molar-refractivity contribution in [1.29, 1.82) is 0 Å². The van der Waals surface area contributed by atoms with Crippen molar-refractivity contribution >= 4 is 34.2 Å². The summed E-state index contributed by atoms with van der Waals surface area (Å²) in [6.45, 7) is 3.44. The molecule has 5 aromatic rings. The molecule has 0 fully saturated rings. The van der Waals surface area contributed by atoms with E-state index >= 15 is 4.39 Å². The number of benzene rings is 1. The summed E-state index contributed by atoms with van der Waals surface area (Å²) in [6.07, 6.45) is -2.62. The fourth-order valence-electron chi connectivity index (χ4n) is 4.55. The summed E-state index contributed by atoms with van der Waals surface area (Å²) >= 11 is 6.29. The van der Waals surface area contributed by atoms with Gasteiger partial charge < -0.3 is 24.3 Å². The number of amides is 1. The molecule has 0 aliphatic heterocycles. The maximum Gasteiger partial charge on any atom is 0.431 e. The number of carbonyl (C=O) groups is 1. The third kappa shape index (κ3) is 6.60. The Kier molecular flexibility index (Phi) is 9.19. The van der Waals surface area contributed by atoms with Crippen LogP contribution in [0.4, 0.5) is 23.2 Å². The quantitative estimate of drug-likeness (QED) is 0.169. The van der Waals surface area contributed by atoms with E-state index in [4.69, 9.17) is 30.5 Å². The van der Waals surface area contributed by atoms with Gasteiger partial charge in [-0.25, -0.2) is 14.4 Å². The lowest BCUT2D eigenvalue weighted by atomic mass is 10.1. The lowest BCUT2D eigenvalue weighted by Crippen LogP contribution is -2.33. The van der Waals surface area contributed by atoms with Crippen LogP contribution in [-0.4, -0.2) is 46.3 Å². The van der Waals surface area contributed by atoms with E-state index in [1.807, 2.05) is 0 Å². The Morgan fingerprint density at radius 3 is 2.43 bits per heavy atom. The number of rotatable bonds is 9. The minimum Gasteiger partial charge on any atom is -0.491 e. The van der Waals surface area contributed by atoms with Gasteiger partial charge in [0.1, 0.15) is 21.8 Å². The number of methoxy groups -OCH3 is 2. The lowest BCUT2D eigenvalue weighted by Gasteiger charge is -2.18. The number of nitrogens with one attached hydrogen (secondary N) is 1. The molecule has 0 bridgehead atoms. The molecule has 244 valence electrons. The molecule has 0 unspecified atom stereocenters. The van der Waals surface area contributed by atoms with Gasteiger partial charge in [-0.1, -0.05) is 11.6 Å². The topological polar surface area (TPSA) is 127 Å². The molecule has 0 spiro atoms. The first-order valence-corrected chi connectivity index (χ1v) is 14.0. The Hall–Kier alpha value is -5.44.